The topological polar surface area (TPSA) is 94.9 Å². The highest BCUT2D eigenvalue weighted by molar-refractivity contribution is 6.05. The van der Waals surface area contributed by atoms with Crippen LogP contribution in [0, 0.1) is 0 Å². The molecule has 152 valence electrons. The number of nitrogens with two attached hydrogens (primary N) is 1. The van der Waals surface area contributed by atoms with E-state index in [4.69, 9.17) is 5.73 Å². The van der Waals surface area contributed by atoms with E-state index in [2.05, 4.69) is 10.3 Å². The van der Waals surface area contributed by atoms with Crippen molar-refractivity contribution in [1.82, 2.24) is 14.1 Å². The van der Waals surface area contributed by atoms with Gasteiger partial charge in [0.25, 0.3) is 5.91 Å². The van der Waals surface area contributed by atoms with Crippen molar-refractivity contribution in [1.29, 1.82) is 0 Å². The van der Waals surface area contributed by atoms with Crippen molar-refractivity contribution in [3.63, 3.8) is 0 Å². The number of carbonyl (C=O) groups excluding carboxylic acids is 1. The maximum Gasteiger partial charge on any atom is 0.330 e. The zero-order valence-electron chi connectivity index (χ0n) is 16.9. The van der Waals surface area contributed by atoms with Gasteiger partial charge in [-0.15, -0.1) is 0 Å². The van der Waals surface area contributed by atoms with Crippen LogP contribution < -0.4 is 16.7 Å². The Balaban J connectivity index is 1.59. The molecule has 0 fully saturated rings. The molecule has 0 spiro atoms. The summed E-state index contributed by atoms with van der Waals surface area (Å²) >= 11 is 0. The van der Waals surface area contributed by atoms with E-state index in [1.54, 1.807) is 39.6 Å². The molecule has 0 bridgehead atoms. The van der Waals surface area contributed by atoms with Gasteiger partial charge in [-0.1, -0.05) is 24.3 Å². The van der Waals surface area contributed by atoms with Crippen LogP contribution in [0.25, 0.3) is 11.2 Å². The van der Waals surface area contributed by atoms with Gasteiger partial charge in [0.15, 0.2) is 5.65 Å². The van der Waals surface area contributed by atoms with Crippen LogP contribution in [0.3, 0.4) is 0 Å². The highest BCUT2D eigenvalue weighted by atomic mass is 16.2. The maximum atomic E-state index is 13.0. The summed E-state index contributed by atoms with van der Waals surface area (Å²) in [5.41, 5.74) is 9.75. The Morgan fingerprint density at radius 2 is 1.80 bits per heavy atom. The lowest BCUT2D eigenvalue weighted by molar-refractivity contribution is 0.102. The Labute approximate surface area is 173 Å². The second kappa shape index (κ2) is 7.87. The van der Waals surface area contributed by atoms with Gasteiger partial charge in [0.2, 0.25) is 0 Å². The molecule has 1 amide bonds. The number of rotatable bonds is 5. The van der Waals surface area contributed by atoms with Crippen LogP contribution in [0.1, 0.15) is 35.8 Å². The van der Waals surface area contributed by atoms with E-state index < -0.39 is 0 Å². The predicted octanol–water partition coefficient (Wildman–Crippen LogP) is 3.66. The molecule has 0 saturated carbocycles. The van der Waals surface area contributed by atoms with Gasteiger partial charge in [0, 0.05) is 17.8 Å². The molecule has 2 aromatic carbocycles. The number of hydrogen-bond donors (Lipinski definition) is 2. The highest BCUT2D eigenvalue weighted by Crippen LogP contribution is 2.19. The second-order valence-corrected chi connectivity index (χ2v) is 7.42. The van der Waals surface area contributed by atoms with Crippen LogP contribution in [-0.2, 0) is 6.54 Å². The molecule has 0 radical (unpaired) electrons. The van der Waals surface area contributed by atoms with Gasteiger partial charge >= 0.3 is 5.69 Å². The smallest absolute Gasteiger partial charge is 0.330 e. The average molecular weight is 401 g/mol. The SMILES string of the molecule is CC(C)n1c(=O)n(Cc2ccc(C(=O)Nc3ccccc3N)cc2)c2ncccc21. The molecule has 4 rings (SSSR count). The van der Waals surface area contributed by atoms with Crippen LogP contribution >= 0.6 is 0 Å². The molecule has 7 heteroatoms. The van der Waals surface area contributed by atoms with Gasteiger partial charge in [-0.25, -0.2) is 9.78 Å². The van der Waals surface area contributed by atoms with Gasteiger partial charge in [-0.2, -0.15) is 0 Å². The number of para-hydroxylation sites is 2. The van der Waals surface area contributed by atoms with Crippen LogP contribution in [0.4, 0.5) is 11.4 Å². The quantitative estimate of drug-likeness (QED) is 0.499. The number of nitrogens with zero attached hydrogens (tertiary/aromatic N) is 3. The van der Waals surface area contributed by atoms with E-state index in [1.165, 1.54) is 0 Å². The summed E-state index contributed by atoms with van der Waals surface area (Å²) in [6, 6.07) is 18.1. The minimum atomic E-state index is -0.241. The van der Waals surface area contributed by atoms with Crippen molar-refractivity contribution < 1.29 is 4.79 Å². The van der Waals surface area contributed by atoms with Crippen LogP contribution in [-0.4, -0.2) is 20.0 Å². The fraction of sp³-hybridized carbons (Fsp3) is 0.174. The van der Waals surface area contributed by atoms with Gasteiger partial charge in [-0.3, -0.25) is 13.9 Å². The van der Waals surface area contributed by atoms with E-state index in [0.29, 0.717) is 29.1 Å². The fourth-order valence-corrected chi connectivity index (χ4v) is 3.50. The molecular weight excluding hydrogens is 378 g/mol. The summed E-state index contributed by atoms with van der Waals surface area (Å²) in [6.07, 6.45) is 1.69. The first-order valence-corrected chi connectivity index (χ1v) is 9.76. The summed E-state index contributed by atoms with van der Waals surface area (Å²) in [6.45, 7) is 4.33. The number of imidazole rings is 1. The van der Waals surface area contributed by atoms with Gasteiger partial charge in [-0.05, 0) is 55.8 Å². The van der Waals surface area contributed by atoms with Crippen molar-refractivity contribution in [2.75, 3.05) is 11.1 Å². The molecular formula is C23H23N5O2. The standard InChI is InChI=1S/C23H23N5O2/c1-15(2)28-20-8-5-13-25-21(20)27(23(28)30)14-16-9-11-17(12-10-16)22(29)26-19-7-4-3-6-18(19)24/h3-13,15H,14,24H2,1-2H3,(H,26,29). The number of pyridine rings is 1. The number of anilines is 2. The third-order valence-corrected chi connectivity index (χ3v) is 5.00. The Bertz CT molecular complexity index is 1270. The zero-order valence-corrected chi connectivity index (χ0v) is 16.9. The Morgan fingerprint density at radius 3 is 2.50 bits per heavy atom. The van der Waals surface area contributed by atoms with E-state index in [-0.39, 0.29) is 17.6 Å². The number of carbonyl (C=O) groups is 1. The summed E-state index contributed by atoms with van der Waals surface area (Å²) < 4.78 is 3.41. The number of benzene rings is 2. The molecule has 0 aliphatic carbocycles. The lowest BCUT2D eigenvalue weighted by Gasteiger charge is -2.09. The lowest BCUT2D eigenvalue weighted by atomic mass is 10.1. The number of aromatic nitrogens is 3. The van der Waals surface area contributed by atoms with E-state index in [0.717, 1.165) is 11.1 Å². The van der Waals surface area contributed by atoms with Crippen molar-refractivity contribution >= 4 is 28.4 Å². The predicted molar refractivity (Wildman–Crippen MR) is 119 cm³/mol. The number of fused-ring (bicyclic) bond motifs is 1. The third kappa shape index (κ3) is 3.57. The first kappa shape index (κ1) is 19.4. The van der Waals surface area contributed by atoms with E-state index in [1.807, 2.05) is 50.2 Å². The van der Waals surface area contributed by atoms with Crippen LogP contribution in [0.15, 0.2) is 71.7 Å². The molecule has 4 aromatic rings. The van der Waals surface area contributed by atoms with Gasteiger partial charge < -0.3 is 11.1 Å². The zero-order chi connectivity index (χ0) is 21.3. The molecule has 3 N–H and O–H groups in total. The molecule has 0 aliphatic rings. The van der Waals surface area contributed by atoms with E-state index >= 15 is 0 Å². The molecule has 0 saturated heterocycles. The van der Waals surface area contributed by atoms with Crippen LogP contribution in [0.2, 0.25) is 0 Å². The normalized spacial score (nSPS) is 11.2. The average Bonchev–Trinajstić information content (AvgIpc) is 3.02. The minimum absolute atomic E-state index is 0.0296. The summed E-state index contributed by atoms with van der Waals surface area (Å²) in [4.78, 5) is 29.9. The number of amides is 1. The molecule has 2 heterocycles. The van der Waals surface area contributed by atoms with Crippen molar-refractivity contribution in [3.8, 4) is 0 Å². The lowest BCUT2D eigenvalue weighted by Crippen LogP contribution is -2.26. The molecule has 0 unspecified atom stereocenters. The van der Waals surface area contributed by atoms with Crippen molar-refractivity contribution in [2.45, 2.75) is 26.4 Å². The Morgan fingerprint density at radius 1 is 1.07 bits per heavy atom. The Kier molecular flexibility index (Phi) is 5.10. The van der Waals surface area contributed by atoms with Gasteiger partial charge in [0.1, 0.15) is 0 Å². The minimum Gasteiger partial charge on any atom is -0.397 e. The maximum absolute atomic E-state index is 13.0. The number of hydrogen-bond acceptors (Lipinski definition) is 4. The monoisotopic (exact) mass is 401 g/mol. The molecule has 0 aliphatic heterocycles. The first-order chi connectivity index (χ1) is 14.5. The number of nitrogen functional groups attached to an aromatic ring is 1. The highest BCUT2D eigenvalue weighted by Gasteiger charge is 2.16. The molecule has 7 nitrogen and oxygen atoms in total. The molecule has 30 heavy (non-hydrogen) atoms. The van der Waals surface area contributed by atoms with Crippen LogP contribution in [0.5, 0.6) is 0 Å². The fourth-order valence-electron chi connectivity index (χ4n) is 3.50. The van der Waals surface area contributed by atoms with Gasteiger partial charge in [0.05, 0.1) is 23.4 Å². The van der Waals surface area contributed by atoms with Crippen molar-refractivity contribution in [3.05, 3.63) is 88.5 Å². The van der Waals surface area contributed by atoms with E-state index in [9.17, 15) is 9.59 Å². The van der Waals surface area contributed by atoms with Crippen molar-refractivity contribution in [2.24, 2.45) is 0 Å². The molecule has 0 atom stereocenters. The second-order valence-electron chi connectivity index (χ2n) is 7.42. The molecule has 2 aromatic heterocycles. The largest absolute Gasteiger partial charge is 0.397 e. The summed E-state index contributed by atoms with van der Waals surface area (Å²) in [5, 5.41) is 2.81. The summed E-state index contributed by atoms with van der Waals surface area (Å²) in [7, 11) is 0. The third-order valence-electron chi connectivity index (χ3n) is 5.00. The summed E-state index contributed by atoms with van der Waals surface area (Å²) in [5.74, 6) is -0.241. The first-order valence-electron chi connectivity index (χ1n) is 9.76. The Hall–Kier alpha value is -3.87. The number of nitrogens with one attached hydrogen (secondary N) is 1.